The standard InChI is InChI=1S/C17H16ClNO5S/c1-17(2,24-12-7-5-11(18)6-8-12)16(22)23-10-14(20)19-15(21)13-4-3-9-25-13/h3-9H,10H2,1-2H3,(H,19,20,21). The number of benzene rings is 1. The predicted molar refractivity (Wildman–Crippen MR) is 93.9 cm³/mol. The number of hydrogen-bond donors (Lipinski definition) is 1. The van der Waals surface area contributed by atoms with Crippen LogP contribution in [0.15, 0.2) is 41.8 Å². The van der Waals surface area contributed by atoms with Crippen LogP contribution >= 0.6 is 22.9 Å². The molecule has 0 saturated carbocycles. The Balaban J connectivity index is 1.84. The number of carbonyl (C=O) groups excluding carboxylic acids is 3. The maximum atomic E-state index is 12.1. The quantitative estimate of drug-likeness (QED) is 0.778. The van der Waals surface area contributed by atoms with Gasteiger partial charge in [-0.2, -0.15) is 0 Å². The fourth-order valence-corrected chi connectivity index (χ4v) is 2.52. The molecule has 0 radical (unpaired) electrons. The van der Waals surface area contributed by atoms with Gasteiger partial charge in [-0.25, -0.2) is 4.79 Å². The Morgan fingerprint density at radius 3 is 2.44 bits per heavy atom. The van der Waals surface area contributed by atoms with Gasteiger partial charge in [-0.05, 0) is 49.6 Å². The van der Waals surface area contributed by atoms with Gasteiger partial charge in [0.05, 0.1) is 4.88 Å². The summed E-state index contributed by atoms with van der Waals surface area (Å²) in [7, 11) is 0. The maximum absolute atomic E-state index is 12.1. The Morgan fingerprint density at radius 1 is 1.16 bits per heavy atom. The summed E-state index contributed by atoms with van der Waals surface area (Å²) in [6.07, 6.45) is 0. The Bertz CT molecular complexity index is 756. The molecule has 0 aliphatic rings. The third kappa shape index (κ3) is 5.58. The molecule has 0 unspecified atom stereocenters. The van der Waals surface area contributed by atoms with Gasteiger partial charge in [-0.15, -0.1) is 11.3 Å². The molecule has 25 heavy (non-hydrogen) atoms. The van der Waals surface area contributed by atoms with E-state index in [0.29, 0.717) is 15.6 Å². The van der Waals surface area contributed by atoms with Gasteiger partial charge in [0.2, 0.25) is 0 Å². The van der Waals surface area contributed by atoms with E-state index in [2.05, 4.69) is 5.32 Å². The van der Waals surface area contributed by atoms with Crippen LogP contribution in [0.2, 0.25) is 5.02 Å². The fraction of sp³-hybridized carbons (Fsp3) is 0.235. The number of hydrogen-bond acceptors (Lipinski definition) is 6. The number of amides is 2. The van der Waals surface area contributed by atoms with Crippen LogP contribution in [0.4, 0.5) is 0 Å². The van der Waals surface area contributed by atoms with Gasteiger partial charge in [0, 0.05) is 5.02 Å². The molecule has 0 spiro atoms. The number of ether oxygens (including phenoxy) is 2. The van der Waals surface area contributed by atoms with Gasteiger partial charge in [-0.1, -0.05) is 17.7 Å². The number of carbonyl (C=O) groups is 3. The number of imide groups is 1. The summed E-state index contributed by atoms with van der Waals surface area (Å²) in [5, 5.41) is 4.40. The third-order valence-electron chi connectivity index (χ3n) is 3.01. The predicted octanol–water partition coefficient (Wildman–Crippen LogP) is 3.06. The van der Waals surface area contributed by atoms with Crippen molar-refractivity contribution in [2.75, 3.05) is 6.61 Å². The van der Waals surface area contributed by atoms with E-state index in [9.17, 15) is 14.4 Å². The molecule has 2 aromatic rings. The van der Waals surface area contributed by atoms with Gasteiger partial charge in [-0.3, -0.25) is 14.9 Å². The summed E-state index contributed by atoms with van der Waals surface area (Å²) in [5.41, 5.74) is -1.31. The van der Waals surface area contributed by atoms with Crippen LogP contribution < -0.4 is 10.1 Å². The average Bonchev–Trinajstić information content (AvgIpc) is 3.09. The van der Waals surface area contributed by atoms with Crippen molar-refractivity contribution in [2.24, 2.45) is 0 Å². The molecular formula is C17H16ClNO5S. The first-order chi connectivity index (χ1) is 11.8. The molecule has 8 heteroatoms. The van der Waals surface area contributed by atoms with Crippen LogP contribution in [0.1, 0.15) is 23.5 Å². The highest BCUT2D eigenvalue weighted by Crippen LogP contribution is 2.21. The van der Waals surface area contributed by atoms with Crippen LogP contribution in [0.25, 0.3) is 0 Å². The van der Waals surface area contributed by atoms with Crippen molar-refractivity contribution in [3.05, 3.63) is 51.7 Å². The first-order valence-corrected chi connectivity index (χ1v) is 8.53. The molecule has 1 aromatic heterocycles. The van der Waals surface area contributed by atoms with E-state index in [1.807, 2.05) is 0 Å². The van der Waals surface area contributed by atoms with Gasteiger partial charge in [0.15, 0.2) is 12.2 Å². The molecule has 0 aliphatic heterocycles. The average molecular weight is 382 g/mol. The van der Waals surface area contributed by atoms with Crippen molar-refractivity contribution < 1.29 is 23.9 Å². The number of rotatable bonds is 6. The lowest BCUT2D eigenvalue weighted by molar-refractivity contribution is -0.161. The second-order valence-corrected chi connectivity index (χ2v) is 6.88. The highest BCUT2D eigenvalue weighted by molar-refractivity contribution is 7.12. The Morgan fingerprint density at radius 2 is 1.84 bits per heavy atom. The van der Waals surface area contributed by atoms with Crippen LogP contribution in [-0.4, -0.2) is 30.0 Å². The van der Waals surface area contributed by atoms with Crippen molar-refractivity contribution in [3.63, 3.8) is 0 Å². The monoisotopic (exact) mass is 381 g/mol. The minimum Gasteiger partial charge on any atom is -0.476 e. The zero-order valence-corrected chi connectivity index (χ0v) is 15.1. The highest BCUT2D eigenvalue weighted by atomic mass is 35.5. The van der Waals surface area contributed by atoms with E-state index in [-0.39, 0.29) is 0 Å². The number of esters is 1. The second kappa shape index (κ2) is 8.13. The lowest BCUT2D eigenvalue weighted by Gasteiger charge is -2.24. The van der Waals surface area contributed by atoms with E-state index in [1.54, 1.807) is 41.8 Å². The molecule has 2 amide bonds. The minimum absolute atomic E-state index is 0.395. The van der Waals surface area contributed by atoms with Crippen LogP contribution in [0, 0.1) is 0 Å². The summed E-state index contributed by atoms with van der Waals surface area (Å²) in [5.74, 6) is -1.55. The summed E-state index contributed by atoms with van der Waals surface area (Å²) < 4.78 is 10.5. The Hall–Kier alpha value is -2.38. The molecule has 0 fully saturated rings. The van der Waals surface area contributed by atoms with Crippen molar-refractivity contribution in [3.8, 4) is 5.75 Å². The van der Waals surface area contributed by atoms with Gasteiger partial charge in [0.25, 0.3) is 11.8 Å². The van der Waals surface area contributed by atoms with Crippen LogP contribution in [-0.2, 0) is 14.3 Å². The summed E-state index contributed by atoms with van der Waals surface area (Å²) in [4.78, 5) is 36.0. The molecule has 1 aromatic carbocycles. The fourth-order valence-electron chi connectivity index (χ4n) is 1.78. The molecule has 0 aliphatic carbocycles. The normalized spacial score (nSPS) is 10.8. The van der Waals surface area contributed by atoms with Crippen molar-refractivity contribution in [1.29, 1.82) is 0 Å². The van der Waals surface area contributed by atoms with E-state index >= 15 is 0 Å². The molecule has 1 heterocycles. The highest BCUT2D eigenvalue weighted by Gasteiger charge is 2.32. The van der Waals surface area contributed by atoms with Crippen molar-refractivity contribution >= 4 is 40.7 Å². The number of halogens is 1. The topological polar surface area (TPSA) is 81.7 Å². The maximum Gasteiger partial charge on any atom is 0.350 e. The van der Waals surface area contributed by atoms with E-state index in [1.165, 1.54) is 25.2 Å². The van der Waals surface area contributed by atoms with Crippen molar-refractivity contribution in [1.82, 2.24) is 5.32 Å². The largest absolute Gasteiger partial charge is 0.476 e. The van der Waals surface area contributed by atoms with Crippen LogP contribution in [0.3, 0.4) is 0 Å². The van der Waals surface area contributed by atoms with E-state index < -0.39 is 30.0 Å². The molecular weight excluding hydrogens is 366 g/mol. The summed E-state index contributed by atoms with van der Waals surface area (Å²) >= 11 is 6.99. The Kier molecular flexibility index (Phi) is 6.17. The first-order valence-electron chi connectivity index (χ1n) is 7.27. The van der Waals surface area contributed by atoms with E-state index in [0.717, 1.165) is 0 Å². The van der Waals surface area contributed by atoms with E-state index in [4.69, 9.17) is 21.1 Å². The lowest BCUT2D eigenvalue weighted by Crippen LogP contribution is -2.42. The number of thiophene rings is 1. The summed E-state index contributed by atoms with van der Waals surface area (Å²) in [6, 6.07) is 9.76. The molecule has 0 atom stereocenters. The molecule has 0 saturated heterocycles. The van der Waals surface area contributed by atoms with Gasteiger partial charge >= 0.3 is 5.97 Å². The zero-order chi connectivity index (χ0) is 18.4. The summed E-state index contributed by atoms with van der Waals surface area (Å²) in [6.45, 7) is 2.45. The Labute approximate surface area is 153 Å². The minimum atomic E-state index is -1.31. The van der Waals surface area contributed by atoms with Gasteiger partial charge < -0.3 is 9.47 Å². The molecule has 1 N–H and O–H groups in total. The smallest absolute Gasteiger partial charge is 0.350 e. The van der Waals surface area contributed by atoms with Gasteiger partial charge in [0.1, 0.15) is 5.75 Å². The lowest BCUT2D eigenvalue weighted by atomic mass is 10.1. The third-order valence-corrected chi connectivity index (χ3v) is 4.13. The molecule has 0 bridgehead atoms. The SMILES string of the molecule is CC(C)(Oc1ccc(Cl)cc1)C(=O)OCC(=O)NC(=O)c1cccs1. The van der Waals surface area contributed by atoms with Crippen LogP contribution in [0.5, 0.6) is 5.75 Å². The molecule has 2 rings (SSSR count). The second-order valence-electron chi connectivity index (χ2n) is 5.50. The van der Waals surface area contributed by atoms with Crippen molar-refractivity contribution in [2.45, 2.75) is 19.4 Å². The molecule has 6 nitrogen and oxygen atoms in total. The zero-order valence-electron chi connectivity index (χ0n) is 13.6. The first kappa shape index (κ1) is 19.0. The number of nitrogens with one attached hydrogen (secondary N) is 1. The molecule has 132 valence electrons.